The van der Waals surface area contributed by atoms with Crippen LogP contribution in [0.25, 0.3) is 0 Å². The number of rotatable bonds is 4. The van der Waals surface area contributed by atoms with E-state index in [1.807, 2.05) is 25.1 Å². The number of carboxylic acids is 1. The second-order valence-electron chi connectivity index (χ2n) is 3.77. The third-order valence-electron chi connectivity index (χ3n) is 2.66. The SMILES string of the molecule is CCn1nnc(C(=O)O)c1Cc1ccccc1Cl. The van der Waals surface area contributed by atoms with E-state index >= 15 is 0 Å². The topological polar surface area (TPSA) is 68.0 Å². The Hall–Kier alpha value is -1.88. The number of nitrogens with zero attached hydrogens (tertiary/aromatic N) is 3. The number of halogens is 1. The van der Waals surface area contributed by atoms with Crippen LogP contribution in [0.2, 0.25) is 5.02 Å². The Balaban J connectivity index is 2.42. The van der Waals surface area contributed by atoms with E-state index in [-0.39, 0.29) is 5.69 Å². The minimum Gasteiger partial charge on any atom is -0.476 e. The van der Waals surface area contributed by atoms with Crippen molar-refractivity contribution in [1.82, 2.24) is 15.0 Å². The van der Waals surface area contributed by atoms with Crippen LogP contribution < -0.4 is 0 Å². The van der Waals surface area contributed by atoms with Crippen molar-refractivity contribution in [3.05, 3.63) is 46.2 Å². The molecule has 6 heteroatoms. The standard InChI is InChI=1S/C12H12ClN3O2/c1-2-16-10(11(12(17)18)14-15-16)7-8-5-3-4-6-9(8)13/h3-6H,2,7H2,1H3,(H,17,18). The average molecular weight is 266 g/mol. The van der Waals surface area contributed by atoms with Gasteiger partial charge < -0.3 is 5.11 Å². The molecule has 1 heterocycles. The van der Waals surface area contributed by atoms with Gasteiger partial charge in [0.25, 0.3) is 0 Å². The lowest BCUT2D eigenvalue weighted by molar-refractivity contribution is 0.0689. The van der Waals surface area contributed by atoms with Gasteiger partial charge in [0.15, 0.2) is 5.69 Å². The number of aryl methyl sites for hydroxylation is 1. The number of aromatic nitrogens is 3. The molecule has 18 heavy (non-hydrogen) atoms. The first kappa shape index (κ1) is 12.6. The number of hydrogen-bond acceptors (Lipinski definition) is 3. The van der Waals surface area contributed by atoms with Crippen molar-refractivity contribution in [1.29, 1.82) is 0 Å². The van der Waals surface area contributed by atoms with Crippen LogP contribution in [0.15, 0.2) is 24.3 Å². The minimum absolute atomic E-state index is 0.0169. The normalized spacial score (nSPS) is 10.6. The molecule has 0 aliphatic heterocycles. The number of carboxylic acid groups (broad SMARTS) is 1. The molecule has 0 unspecified atom stereocenters. The van der Waals surface area contributed by atoms with Crippen LogP contribution >= 0.6 is 11.6 Å². The molecule has 2 rings (SSSR count). The van der Waals surface area contributed by atoms with Crippen LogP contribution in [-0.2, 0) is 13.0 Å². The summed E-state index contributed by atoms with van der Waals surface area (Å²) in [4.78, 5) is 11.1. The third-order valence-corrected chi connectivity index (χ3v) is 3.02. The summed E-state index contributed by atoms with van der Waals surface area (Å²) in [7, 11) is 0. The molecule has 0 amide bonds. The molecule has 0 spiro atoms. The van der Waals surface area contributed by atoms with E-state index in [9.17, 15) is 4.79 Å². The van der Waals surface area contributed by atoms with E-state index in [0.29, 0.717) is 23.7 Å². The van der Waals surface area contributed by atoms with Crippen molar-refractivity contribution >= 4 is 17.6 Å². The molecule has 2 aromatic rings. The molecule has 5 nitrogen and oxygen atoms in total. The monoisotopic (exact) mass is 265 g/mol. The molecule has 1 aromatic heterocycles. The van der Waals surface area contributed by atoms with Crippen LogP contribution in [0.5, 0.6) is 0 Å². The second kappa shape index (κ2) is 5.18. The Morgan fingerprint density at radius 3 is 2.78 bits per heavy atom. The quantitative estimate of drug-likeness (QED) is 0.921. The lowest BCUT2D eigenvalue weighted by Crippen LogP contribution is -2.08. The fraction of sp³-hybridized carbons (Fsp3) is 0.250. The minimum atomic E-state index is -1.07. The summed E-state index contributed by atoms with van der Waals surface area (Å²) in [6.45, 7) is 2.45. The molecular weight excluding hydrogens is 254 g/mol. The summed E-state index contributed by atoms with van der Waals surface area (Å²) < 4.78 is 1.58. The van der Waals surface area contributed by atoms with Gasteiger partial charge in [0.1, 0.15) is 0 Å². The summed E-state index contributed by atoms with van der Waals surface area (Å²) >= 11 is 6.07. The van der Waals surface area contributed by atoms with Crippen LogP contribution in [-0.4, -0.2) is 26.1 Å². The zero-order chi connectivity index (χ0) is 13.1. The van der Waals surface area contributed by atoms with Gasteiger partial charge in [-0.05, 0) is 18.6 Å². The molecule has 0 radical (unpaired) electrons. The van der Waals surface area contributed by atoms with Crippen molar-refractivity contribution in [3.63, 3.8) is 0 Å². The molecule has 0 aliphatic rings. The maximum Gasteiger partial charge on any atom is 0.358 e. The number of benzene rings is 1. The summed E-state index contributed by atoms with van der Waals surface area (Å²) in [6, 6.07) is 7.33. The van der Waals surface area contributed by atoms with Gasteiger partial charge in [0.2, 0.25) is 0 Å². The largest absolute Gasteiger partial charge is 0.476 e. The molecule has 0 fully saturated rings. The van der Waals surface area contributed by atoms with Gasteiger partial charge in [-0.1, -0.05) is 35.0 Å². The molecule has 94 valence electrons. The van der Waals surface area contributed by atoms with E-state index in [0.717, 1.165) is 5.56 Å². The Morgan fingerprint density at radius 1 is 1.44 bits per heavy atom. The third kappa shape index (κ3) is 2.36. The molecular formula is C12H12ClN3O2. The maximum absolute atomic E-state index is 11.1. The lowest BCUT2D eigenvalue weighted by Gasteiger charge is -2.06. The highest BCUT2D eigenvalue weighted by Crippen LogP contribution is 2.20. The molecule has 1 aromatic carbocycles. The second-order valence-corrected chi connectivity index (χ2v) is 4.18. The Morgan fingerprint density at radius 2 is 2.17 bits per heavy atom. The van der Waals surface area contributed by atoms with E-state index in [1.165, 1.54) is 0 Å². The van der Waals surface area contributed by atoms with Gasteiger partial charge in [-0.25, -0.2) is 9.48 Å². The van der Waals surface area contributed by atoms with Crippen molar-refractivity contribution in [2.24, 2.45) is 0 Å². The van der Waals surface area contributed by atoms with E-state index in [2.05, 4.69) is 10.3 Å². The molecule has 0 atom stereocenters. The van der Waals surface area contributed by atoms with E-state index in [1.54, 1.807) is 10.7 Å². The van der Waals surface area contributed by atoms with Crippen molar-refractivity contribution in [3.8, 4) is 0 Å². The number of aromatic carboxylic acids is 1. The Labute approximate surface area is 109 Å². The number of carbonyl (C=O) groups is 1. The van der Waals surface area contributed by atoms with Crippen LogP contribution in [0.1, 0.15) is 28.7 Å². The van der Waals surface area contributed by atoms with Gasteiger partial charge in [0, 0.05) is 18.0 Å². The smallest absolute Gasteiger partial charge is 0.358 e. The van der Waals surface area contributed by atoms with Crippen LogP contribution in [0, 0.1) is 0 Å². The summed E-state index contributed by atoms with van der Waals surface area (Å²) in [5.41, 5.74) is 1.41. The highest BCUT2D eigenvalue weighted by atomic mass is 35.5. The van der Waals surface area contributed by atoms with E-state index < -0.39 is 5.97 Å². The average Bonchev–Trinajstić information content (AvgIpc) is 2.75. The lowest BCUT2D eigenvalue weighted by atomic mass is 10.1. The molecule has 0 saturated heterocycles. The fourth-order valence-electron chi connectivity index (χ4n) is 1.75. The van der Waals surface area contributed by atoms with Gasteiger partial charge in [-0.3, -0.25) is 0 Å². The highest BCUT2D eigenvalue weighted by Gasteiger charge is 2.19. The van der Waals surface area contributed by atoms with Gasteiger partial charge >= 0.3 is 5.97 Å². The first-order valence-corrected chi connectivity index (χ1v) is 5.90. The highest BCUT2D eigenvalue weighted by molar-refractivity contribution is 6.31. The van der Waals surface area contributed by atoms with Crippen molar-refractivity contribution in [2.45, 2.75) is 19.9 Å². The van der Waals surface area contributed by atoms with Crippen LogP contribution in [0.4, 0.5) is 0 Å². The van der Waals surface area contributed by atoms with Gasteiger partial charge in [0.05, 0.1) is 5.69 Å². The molecule has 0 saturated carbocycles. The van der Waals surface area contributed by atoms with Crippen molar-refractivity contribution in [2.75, 3.05) is 0 Å². The first-order chi connectivity index (χ1) is 8.63. The van der Waals surface area contributed by atoms with Gasteiger partial charge in [-0.2, -0.15) is 0 Å². The zero-order valence-electron chi connectivity index (χ0n) is 9.80. The molecule has 1 N–H and O–H groups in total. The fourth-order valence-corrected chi connectivity index (χ4v) is 1.95. The first-order valence-electron chi connectivity index (χ1n) is 5.52. The van der Waals surface area contributed by atoms with E-state index in [4.69, 9.17) is 16.7 Å². The Kier molecular flexibility index (Phi) is 3.62. The molecule has 0 aliphatic carbocycles. The predicted molar refractivity (Wildman–Crippen MR) is 66.9 cm³/mol. The summed E-state index contributed by atoms with van der Waals surface area (Å²) in [5, 5.41) is 17.2. The summed E-state index contributed by atoms with van der Waals surface area (Å²) in [5.74, 6) is -1.07. The predicted octanol–water partition coefficient (Wildman–Crippen LogP) is 2.24. The summed E-state index contributed by atoms with van der Waals surface area (Å²) in [6.07, 6.45) is 0.405. The van der Waals surface area contributed by atoms with Crippen molar-refractivity contribution < 1.29 is 9.90 Å². The van der Waals surface area contributed by atoms with Crippen LogP contribution in [0.3, 0.4) is 0 Å². The zero-order valence-corrected chi connectivity index (χ0v) is 10.6. The Bertz CT molecular complexity index is 580. The van der Waals surface area contributed by atoms with Gasteiger partial charge in [-0.15, -0.1) is 5.10 Å². The molecule has 0 bridgehead atoms. The maximum atomic E-state index is 11.1. The number of hydrogen-bond donors (Lipinski definition) is 1.